The summed E-state index contributed by atoms with van der Waals surface area (Å²) in [5.74, 6) is 0.0610. The van der Waals surface area contributed by atoms with Crippen LogP contribution in [0, 0.1) is 13.8 Å². The molecule has 0 unspecified atom stereocenters. The van der Waals surface area contributed by atoms with Crippen LogP contribution in [-0.2, 0) is 0 Å². The van der Waals surface area contributed by atoms with Crippen LogP contribution in [0.5, 0.6) is 0 Å². The van der Waals surface area contributed by atoms with E-state index in [0.29, 0.717) is 22.8 Å². The monoisotopic (exact) mass is 360 g/mol. The Morgan fingerprint density at radius 2 is 1.67 bits per heavy atom. The Morgan fingerprint density at radius 1 is 0.926 bits per heavy atom. The molecule has 0 fully saturated rings. The molecular formula is C21H20N4O2. The summed E-state index contributed by atoms with van der Waals surface area (Å²) in [6, 6.07) is 13.0. The Kier molecular flexibility index (Phi) is 5.26. The van der Waals surface area contributed by atoms with Gasteiger partial charge in [-0.15, -0.1) is 0 Å². The molecule has 0 aliphatic rings. The number of nitrogens with one attached hydrogen (secondary N) is 2. The maximum absolute atomic E-state index is 12.4. The summed E-state index contributed by atoms with van der Waals surface area (Å²) in [5.41, 5.74) is 4.49. The van der Waals surface area contributed by atoms with Crippen LogP contribution in [0.15, 0.2) is 54.9 Å². The van der Waals surface area contributed by atoms with E-state index in [1.807, 2.05) is 38.1 Å². The second kappa shape index (κ2) is 7.78. The molecule has 0 radical (unpaired) electrons. The lowest BCUT2D eigenvalue weighted by Crippen LogP contribution is -2.14. The van der Waals surface area contributed by atoms with Gasteiger partial charge in [-0.2, -0.15) is 0 Å². The predicted octanol–water partition coefficient (Wildman–Crippen LogP) is 4.29. The predicted molar refractivity (Wildman–Crippen MR) is 106 cm³/mol. The topological polar surface area (TPSA) is 84.0 Å². The molecule has 6 nitrogen and oxygen atoms in total. The van der Waals surface area contributed by atoms with Crippen molar-refractivity contribution in [3.8, 4) is 0 Å². The molecule has 3 rings (SSSR count). The highest BCUT2D eigenvalue weighted by molar-refractivity contribution is 6.04. The fraction of sp³-hybridized carbons (Fsp3) is 0.143. The first-order valence-corrected chi connectivity index (χ1v) is 8.51. The Hall–Kier alpha value is -3.54. The number of hydrogen-bond acceptors (Lipinski definition) is 5. The number of anilines is 3. The van der Waals surface area contributed by atoms with Crippen molar-refractivity contribution >= 4 is 29.0 Å². The Morgan fingerprint density at radius 3 is 2.37 bits per heavy atom. The molecule has 1 heterocycles. The van der Waals surface area contributed by atoms with Crippen LogP contribution < -0.4 is 10.6 Å². The van der Waals surface area contributed by atoms with E-state index in [9.17, 15) is 9.59 Å². The van der Waals surface area contributed by atoms with Gasteiger partial charge in [-0.25, -0.2) is 9.97 Å². The van der Waals surface area contributed by atoms with E-state index < -0.39 is 0 Å². The zero-order valence-electron chi connectivity index (χ0n) is 15.4. The van der Waals surface area contributed by atoms with Gasteiger partial charge in [0, 0.05) is 29.3 Å². The number of hydrogen-bond donors (Lipinski definition) is 2. The van der Waals surface area contributed by atoms with Crippen molar-refractivity contribution in [3.63, 3.8) is 0 Å². The summed E-state index contributed by atoms with van der Waals surface area (Å²) >= 11 is 0. The minimum absolute atomic E-state index is 0.0157. The highest BCUT2D eigenvalue weighted by Gasteiger charge is 2.10. The Bertz CT molecular complexity index is 997. The molecule has 0 aliphatic carbocycles. The van der Waals surface area contributed by atoms with E-state index in [2.05, 4.69) is 20.6 Å². The lowest BCUT2D eigenvalue weighted by Gasteiger charge is -2.10. The van der Waals surface area contributed by atoms with Gasteiger partial charge in [0.15, 0.2) is 5.78 Å². The van der Waals surface area contributed by atoms with Gasteiger partial charge < -0.3 is 10.6 Å². The Balaban J connectivity index is 1.71. The van der Waals surface area contributed by atoms with Gasteiger partial charge in [0.25, 0.3) is 5.91 Å². The molecule has 2 aromatic carbocycles. The number of aryl methyl sites for hydroxylation is 2. The van der Waals surface area contributed by atoms with Crippen LogP contribution in [-0.4, -0.2) is 21.7 Å². The molecule has 6 heteroatoms. The van der Waals surface area contributed by atoms with Gasteiger partial charge in [0.1, 0.15) is 0 Å². The van der Waals surface area contributed by atoms with Crippen molar-refractivity contribution in [3.05, 3.63) is 77.1 Å². The van der Waals surface area contributed by atoms with Crippen molar-refractivity contribution in [2.24, 2.45) is 0 Å². The number of amides is 1. The fourth-order valence-corrected chi connectivity index (χ4v) is 2.52. The Labute approximate surface area is 157 Å². The summed E-state index contributed by atoms with van der Waals surface area (Å²) in [6.07, 6.45) is 2.93. The zero-order chi connectivity index (χ0) is 19.4. The third-order valence-corrected chi connectivity index (χ3v) is 4.08. The third kappa shape index (κ3) is 4.55. The second-order valence-electron chi connectivity index (χ2n) is 6.33. The fourth-order valence-electron chi connectivity index (χ4n) is 2.52. The molecule has 0 saturated carbocycles. The average molecular weight is 360 g/mol. The number of Topliss-reactive ketones (excluding diaryl/α,β-unsaturated/α-hetero) is 1. The molecule has 1 amide bonds. The largest absolute Gasteiger partial charge is 0.324 e. The molecule has 0 atom stereocenters. The van der Waals surface area contributed by atoms with Gasteiger partial charge in [-0.3, -0.25) is 9.59 Å². The molecular weight excluding hydrogens is 340 g/mol. The van der Waals surface area contributed by atoms with Gasteiger partial charge in [-0.1, -0.05) is 24.3 Å². The number of rotatable bonds is 5. The molecule has 1 aromatic heterocycles. The zero-order valence-corrected chi connectivity index (χ0v) is 15.4. The van der Waals surface area contributed by atoms with E-state index in [0.717, 1.165) is 16.8 Å². The van der Waals surface area contributed by atoms with Crippen molar-refractivity contribution in [1.82, 2.24) is 9.97 Å². The van der Waals surface area contributed by atoms with Crippen molar-refractivity contribution < 1.29 is 9.59 Å². The summed E-state index contributed by atoms with van der Waals surface area (Å²) < 4.78 is 0. The number of aromatic nitrogens is 2. The smallest absolute Gasteiger partial charge is 0.258 e. The molecule has 27 heavy (non-hydrogen) atoms. The SMILES string of the molecule is CC(=O)c1cccc(Nc2ncc(C(=O)Nc3cc(C)ccc3C)cn2)c1. The maximum atomic E-state index is 12.4. The molecule has 0 spiro atoms. The maximum Gasteiger partial charge on any atom is 0.258 e. The summed E-state index contributed by atoms with van der Waals surface area (Å²) in [6.45, 7) is 5.42. The van der Waals surface area contributed by atoms with Gasteiger partial charge in [0.2, 0.25) is 5.95 Å². The first kappa shape index (κ1) is 18.3. The van der Waals surface area contributed by atoms with Crippen molar-refractivity contribution in [1.29, 1.82) is 0 Å². The van der Waals surface area contributed by atoms with E-state index in [1.165, 1.54) is 19.3 Å². The minimum atomic E-state index is -0.270. The van der Waals surface area contributed by atoms with E-state index in [1.54, 1.807) is 18.2 Å². The minimum Gasteiger partial charge on any atom is -0.324 e. The van der Waals surface area contributed by atoms with Gasteiger partial charge in [-0.05, 0) is 50.1 Å². The number of benzene rings is 2. The average Bonchev–Trinajstić information content (AvgIpc) is 2.65. The molecule has 0 saturated heterocycles. The molecule has 3 aromatic rings. The first-order valence-electron chi connectivity index (χ1n) is 8.51. The number of nitrogens with zero attached hydrogens (tertiary/aromatic N) is 2. The van der Waals surface area contributed by atoms with E-state index in [4.69, 9.17) is 0 Å². The molecule has 0 bridgehead atoms. The highest BCUT2D eigenvalue weighted by atomic mass is 16.1. The standard InChI is InChI=1S/C21H20N4O2/c1-13-7-8-14(2)19(9-13)25-20(27)17-11-22-21(23-12-17)24-18-6-4-5-16(10-18)15(3)26/h4-12H,1-3H3,(H,25,27)(H,22,23,24). The molecule has 0 aliphatic heterocycles. The van der Waals surface area contributed by atoms with Crippen molar-refractivity contribution in [2.75, 3.05) is 10.6 Å². The lowest BCUT2D eigenvalue weighted by molar-refractivity contribution is 0.101. The summed E-state index contributed by atoms with van der Waals surface area (Å²) in [5, 5.41) is 5.91. The normalized spacial score (nSPS) is 10.3. The molecule has 2 N–H and O–H groups in total. The lowest BCUT2D eigenvalue weighted by atomic mass is 10.1. The summed E-state index contributed by atoms with van der Waals surface area (Å²) in [4.78, 5) is 32.2. The number of carbonyl (C=O) groups excluding carboxylic acids is 2. The van der Waals surface area contributed by atoms with E-state index >= 15 is 0 Å². The first-order chi connectivity index (χ1) is 12.9. The quantitative estimate of drug-likeness (QED) is 0.663. The van der Waals surface area contributed by atoms with Crippen LogP contribution in [0.4, 0.5) is 17.3 Å². The highest BCUT2D eigenvalue weighted by Crippen LogP contribution is 2.18. The number of ketones is 1. The number of carbonyl (C=O) groups is 2. The second-order valence-corrected chi connectivity index (χ2v) is 6.33. The third-order valence-electron chi connectivity index (χ3n) is 4.08. The van der Waals surface area contributed by atoms with Crippen LogP contribution >= 0.6 is 0 Å². The van der Waals surface area contributed by atoms with Crippen LogP contribution in [0.3, 0.4) is 0 Å². The van der Waals surface area contributed by atoms with Crippen LogP contribution in [0.2, 0.25) is 0 Å². The van der Waals surface area contributed by atoms with Gasteiger partial charge >= 0.3 is 0 Å². The van der Waals surface area contributed by atoms with Crippen LogP contribution in [0.1, 0.15) is 38.8 Å². The van der Waals surface area contributed by atoms with E-state index in [-0.39, 0.29) is 11.7 Å². The van der Waals surface area contributed by atoms with Crippen LogP contribution in [0.25, 0.3) is 0 Å². The summed E-state index contributed by atoms with van der Waals surface area (Å²) in [7, 11) is 0. The van der Waals surface area contributed by atoms with Gasteiger partial charge in [0.05, 0.1) is 5.56 Å². The van der Waals surface area contributed by atoms with Crippen molar-refractivity contribution in [2.45, 2.75) is 20.8 Å². The molecule has 136 valence electrons.